The summed E-state index contributed by atoms with van der Waals surface area (Å²) in [5.74, 6) is -0.855. The monoisotopic (exact) mass is 368 g/mol. The molecule has 2 aromatic rings. The smallest absolute Gasteiger partial charge is 0.369 e. The van der Waals surface area contributed by atoms with Gasteiger partial charge in [-0.25, -0.2) is 4.98 Å². The first-order valence-electron chi connectivity index (χ1n) is 7.73. The number of benzene rings is 1. The number of nitrogens with zero attached hydrogens (tertiary/aromatic N) is 1. The number of carbonyl (C=O) groups is 1. The van der Waals surface area contributed by atoms with E-state index in [1.54, 1.807) is 0 Å². The van der Waals surface area contributed by atoms with Gasteiger partial charge >= 0.3 is 6.18 Å². The van der Waals surface area contributed by atoms with Gasteiger partial charge in [0.25, 0.3) is 11.5 Å². The number of halogens is 3. The third kappa shape index (κ3) is 4.62. The molecule has 0 aliphatic rings. The molecule has 26 heavy (non-hydrogen) atoms. The van der Waals surface area contributed by atoms with Crippen LogP contribution in [0.4, 0.5) is 19.1 Å². The maximum Gasteiger partial charge on any atom is 0.416 e. The summed E-state index contributed by atoms with van der Waals surface area (Å²) >= 11 is 0. The van der Waals surface area contributed by atoms with Gasteiger partial charge in [0.2, 0.25) is 5.95 Å². The first kappa shape index (κ1) is 19.5. The molecule has 1 amide bonds. The Labute approximate surface area is 147 Å². The highest BCUT2D eigenvalue weighted by atomic mass is 19.4. The minimum Gasteiger partial charge on any atom is -0.369 e. The maximum atomic E-state index is 12.7. The molecule has 0 aliphatic carbocycles. The minimum atomic E-state index is -4.44. The van der Waals surface area contributed by atoms with Gasteiger partial charge < -0.3 is 11.1 Å². The number of hydrogen-bond acceptors (Lipinski definition) is 4. The first-order valence-corrected chi connectivity index (χ1v) is 7.73. The van der Waals surface area contributed by atoms with E-state index in [0.717, 1.165) is 18.2 Å². The number of nitrogens with one attached hydrogen (secondary N) is 2. The molecule has 1 atom stereocenters. The van der Waals surface area contributed by atoms with Crippen LogP contribution in [-0.2, 0) is 6.18 Å². The van der Waals surface area contributed by atoms with E-state index >= 15 is 0 Å². The number of rotatable bonds is 3. The Balaban J connectivity index is 2.34. The van der Waals surface area contributed by atoms with E-state index < -0.39 is 34.7 Å². The molecule has 2 rings (SSSR count). The fourth-order valence-electron chi connectivity index (χ4n) is 2.46. The van der Waals surface area contributed by atoms with Crippen LogP contribution in [0.15, 0.2) is 35.1 Å². The second-order valence-corrected chi connectivity index (χ2v) is 6.91. The molecule has 0 spiro atoms. The van der Waals surface area contributed by atoms with E-state index in [4.69, 9.17) is 5.73 Å². The van der Waals surface area contributed by atoms with Gasteiger partial charge in [0.05, 0.1) is 11.6 Å². The molecule has 0 radical (unpaired) electrons. The summed E-state index contributed by atoms with van der Waals surface area (Å²) in [6.07, 6.45) is -4.44. The van der Waals surface area contributed by atoms with Crippen molar-refractivity contribution in [2.24, 2.45) is 5.41 Å². The molecular formula is C17H19F3N4O2. The number of nitrogens with two attached hydrogens (primary N) is 1. The van der Waals surface area contributed by atoms with Crippen molar-refractivity contribution in [2.45, 2.75) is 33.0 Å². The highest BCUT2D eigenvalue weighted by molar-refractivity contribution is 5.92. The molecule has 0 saturated heterocycles. The molecule has 0 saturated carbocycles. The zero-order valence-electron chi connectivity index (χ0n) is 14.4. The van der Waals surface area contributed by atoms with E-state index in [1.807, 2.05) is 20.8 Å². The average molecular weight is 368 g/mol. The number of amides is 1. The van der Waals surface area contributed by atoms with Gasteiger partial charge in [-0.15, -0.1) is 0 Å². The van der Waals surface area contributed by atoms with E-state index in [9.17, 15) is 22.8 Å². The van der Waals surface area contributed by atoms with Crippen molar-refractivity contribution in [2.75, 3.05) is 5.73 Å². The number of carbonyl (C=O) groups excluding carboxylic acids is 1. The van der Waals surface area contributed by atoms with Crippen molar-refractivity contribution in [3.8, 4) is 0 Å². The standard InChI is InChI=1S/C17H19F3N4O2/c1-16(2,3)13(9-4-6-10(7-5-9)17(18,19)20)24-14(26)11-8-12(25)23-15(21)22-11/h4-8,13H,1-3H3,(H,24,26)(H3,21,22,23,25)/t13-/m0/s1. The van der Waals surface area contributed by atoms with Gasteiger partial charge in [0.15, 0.2) is 0 Å². The lowest BCUT2D eigenvalue weighted by molar-refractivity contribution is -0.137. The molecule has 1 aromatic heterocycles. The summed E-state index contributed by atoms with van der Waals surface area (Å²) in [5, 5.41) is 2.71. The number of H-pyrrole nitrogens is 1. The summed E-state index contributed by atoms with van der Waals surface area (Å²) in [6, 6.07) is 4.95. The fraction of sp³-hybridized carbons (Fsp3) is 0.353. The van der Waals surface area contributed by atoms with Crippen LogP contribution in [0, 0.1) is 5.41 Å². The van der Waals surface area contributed by atoms with Crippen molar-refractivity contribution < 1.29 is 18.0 Å². The highest BCUT2D eigenvalue weighted by Gasteiger charge is 2.32. The highest BCUT2D eigenvalue weighted by Crippen LogP contribution is 2.35. The van der Waals surface area contributed by atoms with Crippen LogP contribution >= 0.6 is 0 Å². The van der Waals surface area contributed by atoms with Gasteiger partial charge in [0.1, 0.15) is 5.69 Å². The summed E-state index contributed by atoms with van der Waals surface area (Å²) < 4.78 is 38.2. The van der Waals surface area contributed by atoms with E-state index in [0.29, 0.717) is 5.56 Å². The van der Waals surface area contributed by atoms with E-state index in [2.05, 4.69) is 15.3 Å². The molecule has 4 N–H and O–H groups in total. The Hall–Kier alpha value is -2.84. The van der Waals surface area contributed by atoms with E-state index in [1.165, 1.54) is 12.1 Å². The lowest BCUT2D eigenvalue weighted by Crippen LogP contribution is -2.37. The quantitative estimate of drug-likeness (QED) is 0.775. The third-order valence-electron chi connectivity index (χ3n) is 3.71. The van der Waals surface area contributed by atoms with Gasteiger partial charge in [-0.2, -0.15) is 13.2 Å². The van der Waals surface area contributed by atoms with Crippen molar-refractivity contribution in [3.63, 3.8) is 0 Å². The molecule has 0 bridgehead atoms. The zero-order chi connectivity index (χ0) is 19.7. The topological polar surface area (TPSA) is 101 Å². The van der Waals surface area contributed by atoms with Crippen LogP contribution in [0.2, 0.25) is 0 Å². The van der Waals surface area contributed by atoms with Crippen molar-refractivity contribution in [1.82, 2.24) is 15.3 Å². The Morgan fingerprint density at radius 2 is 1.77 bits per heavy atom. The Morgan fingerprint density at radius 1 is 1.19 bits per heavy atom. The molecule has 140 valence electrons. The molecule has 0 aliphatic heterocycles. The van der Waals surface area contributed by atoms with Crippen molar-refractivity contribution in [1.29, 1.82) is 0 Å². The zero-order valence-corrected chi connectivity index (χ0v) is 14.4. The molecule has 0 fully saturated rings. The normalized spacial score (nSPS) is 13.3. The average Bonchev–Trinajstić information content (AvgIpc) is 2.49. The van der Waals surface area contributed by atoms with E-state index in [-0.39, 0.29) is 11.6 Å². The van der Waals surface area contributed by atoms with Crippen LogP contribution in [0.1, 0.15) is 48.4 Å². The van der Waals surface area contributed by atoms with Crippen LogP contribution in [0.3, 0.4) is 0 Å². The Bertz CT molecular complexity index is 852. The van der Waals surface area contributed by atoms with Gasteiger partial charge in [-0.3, -0.25) is 14.6 Å². The number of aromatic nitrogens is 2. The number of alkyl halides is 3. The molecule has 9 heteroatoms. The lowest BCUT2D eigenvalue weighted by Gasteiger charge is -2.32. The Morgan fingerprint density at radius 3 is 2.23 bits per heavy atom. The number of hydrogen-bond donors (Lipinski definition) is 3. The number of nitrogen functional groups attached to an aromatic ring is 1. The molecule has 1 aromatic carbocycles. The van der Waals surface area contributed by atoms with Crippen LogP contribution in [0.25, 0.3) is 0 Å². The van der Waals surface area contributed by atoms with Crippen LogP contribution in [0.5, 0.6) is 0 Å². The summed E-state index contributed by atoms with van der Waals surface area (Å²) in [4.78, 5) is 29.9. The minimum absolute atomic E-state index is 0.174. The fourth-order valence-corrected chi connectivity index (χ4v) is 2.46. The Kier molecular flexibility index (Phi) is 5.11. The summed E-state index contributed by atoms with van der Waals surface area (Å²) in [5.41, 5.74) is 3.89. The number of aromatic amines is 1. The molecule has 0 unspecified atom stereocenters. The SMILES string of the molecule is CC(C)(C)[C@@H](NC(=O)c1cc(=O)[nH]c(N)n1)c1ccc(C(F)(F)F)cc1. The summed E-state index contributed by atoms with van der Waals surface area (Å²) in [7, 11) is 0. The predicted molar refractivity (Wildman–Crippen MR) is 90.4 cm³/mol. The molecule has 1 heterocycles. The van der Waals surface area contributed by atoms with Crippen LogP contribution in [-0.4, -0.2) is 15.9 Å². The second kappa shape index (κ2) is 6.81. The largest absolute Gasteiger partial charge is 0.416 e. The lowest BCUT2D eigenvalue weighted by atomic mass is 9.82. The second-order valence-electron chi connectivity index (χ2n) is 6.91. The van der Waals surface area contributed by atoms with Crippen molar-refractivity contribution >= 4 is 11.9 Å². The third-order valence-corrected chi connectivity index (χ3v) is 3.71. The van der Waals surface area contributed by atoms with Gasteiger partial charge in [0, 0.05) is 6.07 Å². The maximum absolute atomic E-state index is 12.7. The first-order chi connectivity index (χ1) is 11.9. The predicted octanol–water partition coefficient (Wildman–Crippen LogP) is 2.89. The molecule has 6 nitrogen and oxygen atoms in total. The van der Waals surface area contributed by atoms with Crippen molar-refractivity contribution in [3.05, 3.63) is 57.5 Å². The molecular weight excluding hydrogens is 349 g/mol. The van der Waals surface area contributed by atoms with Crippen LogP contribution < -0.4 is 16.6 Å². The number of anilines is 1. The summed E-state index contributed by atoms with van der Waals surface area (Å²) in [6.45, 7) is 5.49. The van der Waals surface area contributed by atoms with Gasteiger partial charge in [-0.1, -0.05) is 32.9 Å². The van der Waals surface area contributed by atoms with Gasteiger partial charge in [-0.05, 0) is 23.1 Å².